The van der Waals surface area contributed by atoms with Crippen LogP contribution in [0.25, 0.3) is 0 Å². The molecule has 0 radical (unpaired) electrons. The van der Waals surface area contributed by atoms with Gasteiger partial charge in [0.1, 0.15) is 0 Å². The minimum atomic E-state index is -0.169. The summed E-state index contributed by atoms with van der Waals surface area (Å²) in [6.45, 7) is 1.30. The smallest absolute Gasteiger partial charge is 0.255 e. The van der Waals surface area contributed by atoms with Gasteiger partial charge in [0.25, 0.3) is 5.91 Å². The van der Waals surface area contributed by atoms with Crippen molar-refractivity contribution < 1.29 is 9.59 Å². The maximum atomic E-state index is 12.7. The molecule has 3 heterocycles. The molecule has 2 aliphatic heterocycles. The SMILES string of the molecule is CNC(=O)C1CNNC1C1CCCN1C(=O)c1cccnc1. The molecule has 22 heavy (non-hydrogen) atoms. The lowest BCUT2D eigenvalue weighted by Crippen LogP contribution is -2.52. The maximum Gasteiger partial charge on any atom is 0.255 e. The third-order valence-corrected chi connectivity index (χ3v) is 4.49. The molecule has 2 saturated heterocycles. The lowest BCUT2D eigenvalue weighted by atomic mass is 9.92. The summed E-state index contributed by atoms with van der Waals surface area (Å²) in [6, 6.07) is 3.50. The molecule has 0 spiro atoms. The highest BCUT2D eigenvalue weighted by Crippen LogP contribution is 2.27. The lowest BCUT2D eigenvalue weighted by Gasteiger charge is -2.31. The van der Waals surface area contributed by atoms with Crippen molar-refractivity contribution in [3.8, 4) is 0 Å². The van der Waals surface area contributed by atoms with Crippen LogP contribution in [0.3, 0.4) is 0 Å². The summed E-state index contributed by atoms with van der Waals surface area (Å²) < 4.78 is 0. The summed E-state index contributed by atoms with van der Waals surface area (Å²) in [5.41, 5.74) is 6.83. The van der Waals surface area contributed by atoms with Crippen LogP contribution in [0.2, 0.25) is 0 Å². The molecule has 0 saturated carbocycles. The second-order valence-electron chi connectivity index (χ2n) is 5.72. The van der Waals surface area contributed by atoms with Crippen LogP contribution >= 0.6 is 0 Å². The van der Waals surface area contributed by atoms with E-state index in [1.54, 1.807) is 31.6 Å². The number of aromatic nitrogens is 1. The van der Waals surface area contributed by atoms with Gasteiger partial charge in [-0.25, -0.2) is 0 Å². The largest absolute Gasteiger partial charge is 0.359 e. The zero-order chi connectivity index (χ0) is 15.5. The zero-order valence-electron chi connectivity index (χ0n) is 12.6. The highest BCUT2D eigenvalue weighted by atomic mass is 16.2. The van der Waals surface area contributed by atoms with Gasteiger partial charge in [0.2, 0.25) is 5.91 Å². The molecule has 3 unspecified atom stereocenters. The quantitative estimate of drug-likeness (QED) is 0.702. The topological polar surface area (TPSA) is 86.4 Å². The Balaban J connectivity index is 1.78. The van der Waals surface area contributed by atoms with E-state index in [0.717, 1.165) is 19.4 Å². The number of nitrogens with one attached hydrogen (secondary N) is 3. The first-order valence-corrected chi connectivity index (χ1v) is 7.63. The molecule has 2 aliphatic rings. The first kappa shape index (κ1) is 14.9. The molecule has 2 fully saturated rings. The molecule has 3 N–H and O–H groups in total. The minimum Gasteiger partial charge on any atom is -0.359 e. The van der Waals surface area contributed by atoms with Gasteiger partial charge in [0.05, 0.1) is 17.5 Å². The molecule has 0 aliphatic carbocycles. The molecule has 0 aromatic carbocycles. The van der Waals surface area contributed by atoms with Crippen molar-refractivity contribution >= 4 is 11.8 Å². The molecule has 7 heteroatoms. The average molecular weight is 303 g/mol. The van der Waals surface area contributed by atoms with Crippen LogP contribution in [0.5, 0.6) is 0 Å². The number of likely N-dealkylation sites (tertiary alicyclic amines) is 1. The Hall–Kier alpha value is -1.99. The van der Waals surface area contributed by atoms with E-state index in [1.165, 1.54) is 0 Å². The van der Waals surface area contributed by atoms with E-state index in [0.29, 0.717) is 12.1 Å². The number of carbonyl (C=O) groups excluding carboxylic acids is 2. The number of nitrogens with zero attached hydrogens (tertiary/aromatic N) is 2. The fourth-order valence-electron chi connectivity index (χ4n) is 3.39. The fourth-order valence-corrected chi connectivity index (χ4v) is 3.39. The second kappa shape index (κ2) is 6.41. The molecule has 3 rings (SSSR count). The van der Waals surface area contributed by atoms with Crippen LogP contribution in [-0.2, 0) is 4.79 Å². The Labute approximate surface area is 129 Å². The molecule has 0 bridgehead atoms. The summed E-state index contributed by atoms with van der Waals surface area (Å²) in [5.74, 6) is -0.180. The van der Waals surface area contributed by atoms with Gasteiger partial charge < -0.3 is 10.2 Å². The monoisotopic (exact) mass is 303 g/mol. The Morgan fingerprint density at radius 1 is 1.45 bits per heavy atom. The van der Waals surface area contributed by atoms with Crippen molar-refractivity contribution in [2.24, 2.45) is 5.92 Å². The number of hydrogen-bond acceptors (Lipinski definition) is 5. The number of amides is 2. The van der Waals surface area contributed by atoms with Crippen molar-refractivity contribution in [1.82, 2.24) is 26.1 Å². The molecule has 118 valence electrons. The van der Waals surface area contributed by atoms with Gasteiger partial charge in [-0.15, -0.1) is 0 Å². The zero-order valence-corrected chi connectivity index (χ0v) is 12.6. The van der Waals surface area contributed by atoms with Crippen molar-refractivity contribution in [3.63, 3.8) is 0 Å². The molecule has 1 aromatic rings. The van der Waals surface area contributed by atoms with Crippen LogP contribution in [-0.4, -0.2) is 53.9 Å². The van der Waals surface area contributed by atoms with Gasteiger partial charge in [0, 0.05) is 38.6 Å². The summed E-state index contributed by atoms with van der Waals surface area (Å²) >= 11 is 0. The van der Waals surface area contributed by atoms with E-state index in [9.17, 15) is 9.59 Å². The number of hydrazine groups is 1. The van der Waals surface area contributed by atoms with Gasteiger partial charge in [-0.2, -0.15) is 0 Å². The average Bonchev–Trinajstić information content (AvgIpc) is 3.22. The second-order valence-corrected chi connectivity index (χ2v) is 5.72. The number of pyridine rings is 1. The first-order chi connectivity index (χ1) is 10.7. The number of hydrogen-bond donors (Lipinski definition) is 3. The van der Waals surface area contributed by atoms with E-state index in [-0.39, 0.29) is 29.8 Å². The molecule has 3 atom stereocenters. The van der Waals surface area contributed by atoms with Crippen molar-refractivity contribution in [2.45, 2.75) is 24.9 Å². The molecule has 7 nitrogen and oxygen atoms in total. The standard InChI is InChI=1S/C15H21N5O2/c1-16-14(21)11-9-18-19-13(11)12-5-3-7-20(12)15(22)10-4-2-6-17-8-10/h2,4,6,8,11-13,18-19H,3,5,7,9H2,1H3,(H,16,21). The van der Waals surface area contributed by atoms with Crippen LogP contribution in [0.1, 0.15) is 23.2 Å². The molecular formula is C15H21N5O2. The Morgan fingerprint density at radius 3 is 3.05 bits per heavy atom. The Bertz CT molecular complexity index is 550. The van der Waals surface area contributed by atoms with Gasteiger partial charge in [0.15, 0.2) is 0 Å². The summed E-state index contributed by atoms with van der Waals surface area (Å²) in [5, 5.41) is 2.70. The van der Waals surface area contributed by atoms with E-state index < -0.39 is 0 Å². The third kappa shape index (κ3) is 2.69. The van der Waals surface area contributed by atoms with Gasteiger partial charge >= 0.3 is 0 Å². The highest BCUT2D eigenvalue weighted by Gasteiger charge is 2.43. The lowest BCUT2D eigenvalue weighted by molar-refractivity contribution is -0.124. The van der Waals surface area contributed by atoms with E-state index in [1.807, 2.05) is 4.90 Å². The maximum absolute atomic E-state index is 12.7. The first-order valence-electron chi connectivity index (χ1n) is 7.63. The van der Waals surface area contributed by atoms with Crippen LogP contribution in [0.15, 0.2) is 24.5 Å². The predicted octanol–water partition coefficient (Wildman–Crippen LogP) is -0.475. The summed E-state index contributed by atoms with van der Waals surface area (Å²) in [6.07, 6.45) is 5.10. The summed E-state index contributed by atoms with van der Waals surface area (Å²) in [4.78, 5) is 30.6. The predicted molar refractivity (Wildman–Crippen MR) is 80.8 cm³/mol. The van der Waals surface area contributed by atoms with Crippen molar-refractivity contribution in [1.29, 1.82) is 0 Å². The van der Waals surface area contributed by atoms with Crippen molar-refractivity contribution in [3.05, 3.63) is 30.1 Å². The fraction of sp³-hybridized carbons (Fsp3) is 0.533. The van der Waals surface area contributed by atoms with Gasteiger partial charge in [-0.1, -0.05) is 0 Å². The van der Waals surface area contributed by atoms with E-state index in [2.05, 4.69) is 21.2 Å². The molecular weight excluding hydrogens is 282 g/mol. The highest BCUT2D eigenvalue weighted by molar-refractivity contribution is 5.94. The van der Waals surface area contributed by atoms with Crippen LogP contribution < -0.4 is 16.2 Å². The van der Waals surface area contributed by atoms with Crippen molar-refractivity contribution in [2.75, 3.05) is 20.1 Å². The Kier molecular flexibility index (Phi) is 4.35. The van der Waals surface area contributed by atoms with Crippen LogP contribution in [0.4, 0.5) is 0 Å². The van der Waals surface area contributed by atoms with Gasteiger partial charge in [-0.05, 0) is 25.0 Å². The normalized spacial score (nSPS) is 27.9. The van der Waals surface area contributed by atoms with Crippen LogP contribution in [0, 0.1) is 5.92 Å². The number of rotatable bonds is 3. The Morgan fingerprint density at radius 2 is 2.32 bits per heavy atom. The molecule has 2 amide bonds. The summed E-state index contributed by atoms with van der Waals surface area (Å²) in [7, 11) is 1.64. The number of carbonyl (C=O) groups is 2. The molecule has 1 aromatic heterocycles. The van der Waals surface area contributed by atoms with E-state index in [4.69, 9.17) is 0 Å². The van der Waals surface area contributed by atoms with E-state index >= 15 is 0 Å². The minimum absolute atomic E-state index is 0.00294. The van der Waals surface area contributed by atoms with Gasteiger partial charge in [-0.3, -0.25) is 25.4 Å². The third-order valence-electron chi connectivity index (χ3n) is 4.49.